The number of nitriles is 5. The van der Waals surface area contributed by atoms with Crippen molar-refractivity contribution in [1.82, 2.24) is 0 Å². The highest BCUT2D eigenvalue weighted by Crippen LogP contribution is 2.30. The summed E-state index contributed by atoms with van der Waals surface area (Å²) < 4.78 is 0. The second-order valence-corrected chi connectivity index (χ2v) is 3.82. The molecular formula is C15H3N5. The third-order valence-electron chi connectivity index (χ3n) is 2.88. The van der Waals surface area contributed by atoms with Gasteiger partial charge >= 0.3 is 0 Å². The zero-order valence-electron chi connectivity index (χ0n) is 9.97. The summed E-state index contributed by atoms with van der Waals surface area (Å²) in [6, 6.07) is 13.7. The van der Waals surface area contributed by atoms with Crippen LogP contribution < -0.4 is 0 Å². The Hall–Kier alpha value is -3.85. The molecule has 0 fully saturated rings. The van der Waals surface area contributed by atoms with Crippen LogP contribution in [0.2, 0.25) is 0 Å². The largest absolute Gasteiger partial charge is 0.192 e. The second-order valence-electron chi connectivity index (χ2n) is 3.82. The SMILES string of the molecule is N#Cc1ccc2c(C#N)c(C#N)c(C#N)c(C#N)c2c1. The van der Waals surface area contributed by atoms with Gasteiger partial charge in [-0.1, -0.05) is 6.07 Å². The van der Waals surface area contributed by atoms with Crippen molar-refractivity contribution in [2.24, 2.45) is 0 Å². The highest BCUT2D eigenvalue weighted by atomic mass is 14.3. The van der Waals surface area contributed by atoms with Crippen LogP contribution in [0.3, 0.4) is 0 Å². The van der Waals surface area contributed by atoms with Gasteiger partial charge in [0.1, 0.15) is 24.3 Å². The summed E-state index contributed by atoms with van der Waals surface area (Å²) in [5.41, 5.74) is 0.127. The van der Waals surface area contributed by atoms with Gasteiger partial charge in [-0.2, -0.15) is 26.3 Å². The minimum Gasteiger partial charge on any atom is -0.192 e. The minimum atomic E-state index is -0.130. The van der Waals surface area contributed by atoms with Crippen molar-refractivity contribution in [2.45, 2.75) is 0 Å². The van der Waals surface area contributed by atoms with E-state index in [2.05, 4.69) is 0 Å². The van der Waals surface area contributed by atoms with Gasteiger partial charge in [-0.25, -0.2) is 0 Å². The van der Waals surface area contributed by atoms with E-state index in [4.69, 9.17) is 15.8 Å². The first-order valence-corrected chi connectivity index (χ1v) is 5.36. The van der Waals surface area contributed by atoms with Crippen LogP contribution in [0.5, 0.6) is 0 Å². The van der Waals surface area contributed by atoms with Gasteiger partial charge in [0.05, 0.1) is 33.9 Å². The van der Waals surface area contributed by atoms with E-state index >= 15 is 0 Å². The fourth-order valence-electron chi connectivity index (χ4n) is 2.01. The lowest BCUT2D eigenvalue weighted by Crippen LogP contribution is -1.98. The highest BCUT2D eigenvalue weighted by Gasteiger charge is 2.19. The van der Waals surface area contributed by atoms with E-state index in [1.54, 1.807) is 12.1 Å². The molecule has 0 N–H and O–H groups in total. The van der Waals surface area contributed by atoms with Gasteiger partial charge in [-0.05, 0) is 12.1 Å². The summed E-state index contributed by atoms with van der Waals surface area (Å²) in [5.74, 6) is 0. The zero-order valence-corrected chi connectivity index (χ0v) is 9.97. The van der Waals surface area contributed by atoms with Crippen LogP contribution in [-0.2, 0) is 0 Å². The average molecular weight is 253 g/mol. The number of hydrogen-bond donors (Lipinski definition) is 0. The summed E-state index contributed by atoms with van der Waals surface area (Å²) in [4.78, 5) is 0. The van der Waals surface area contributed by atoms with Gasteiger partial charge in [-0.15, -0.1) is 0 Å². The summed E-state index contributed by atoms with van der Waals surface area (Å²) in [7, 11) is 0. The Balaban J connectivity index is 3.20. The fourth-order valence-corrected chi connectivity index (χ4v) is 2.01. The van der Waals surface area contributed by atoms with Gasteiger partial charge < -0.3 is 0 Å². The van der Waals surface area contributed by atoms with Crippen LogP contribution in [0.4, 0.5) is 0 Å². The van der Waals surface area contributed by atoms with Crippen molar-refractivity contribution in [3.63, 3.8) is 0 Å². The third-order valence-corrected chi connectivity index (χ3v) is 2.88. The summed E-state index contributed by atoms with van der Waals surface area (Å²) in [6.07, 6.45) is 0. The Morgan fingerprint density at radius 1 is 0.550 bits per heavy atom. The molecule has 20 heavy (non-hydrogen) atoms. The standard InChI is InChI=1S/C15H3N5/c16-4-9-1-2-10-11(3-9)13(6-18)15(8-20)14(7-19)12(10)5-17/h1-3H. The molecule has 0 heterocycles. The Bertz CT molecular complexity index is 950. The second kappa shape index (κ2) is 4.80. The molecule has 2 aromatic carbocycles. The molecule has 0 amide bonds. The fraction of sp³-hybridized carbons (Fsp3) is 0. The molecule has 5 heteroatoms. The van der Waals surface area contributed by atoms with Crippen molar-refractivity contribution >= 4 is 10.8 Å². The maximum Gasteiger partial charge on any atom is 0.102 e. The quantitative estimate of drug-likeness (QED) is 0.712. The van der Waals surface area contributed by atoms with Crippen molar-refractivity contribution in [3.05, 3.63) is 46.0 Å². The Labute approximate surface area is 114 Å². The first-order chi connectivity index (χ1) is 9.71. The van der Waals surface area contributed by atoms with Gasteiger partial charge in [-0.3, -0.25) is 0 Å². The lowest BCUT2D eigenvalue weighted by atomic mass is 9.90. The predicted octanol–water partition coefficient (Wildman–Crippen LogP) is 2.20. The number of rotatable bonds is 0. The number of hydrogen-bond acceptors (Lipinski definition) is 5. The normalized spacial score (nSPS) is 8.75. The average Bonchev–Trinajstić information content (AvgIpc) is 2.51. The molecule has 0 aliphatic rings. The van der Waals surface area contributed by atoms with Gasteiger partial charge in [0.25, 0.3) is 0 Å². The van der Waals surface area contributed by atoms with E-state index in [1.807, 2.05) is 18.2 Å². The van der Waals surface area contributed by atoms with Crippen molar-refractivity contribution in [3.8, 4) is 30.3 Å². The van der Waals surface area contributed by atoms with Gasteiger partial charge in [0.15, 0.2) is 0 Å². The van der Waals surface area contributed by atoms with Crippen molar-refractivity contribution < 1.29 is 0 Å². The highest BCUT2D eigenvalue weighted by molar-refractivity contribution is 5.97. The van der Waals surface area contributed by atoms with Crippen LogP contribution in [0, 0.1) is 56.7 Å². The monoisotopic (exact) mass is 253 g/mol. The van der Waals surface area contributed by atoms with E-state index in [1.165, 1.54) is 18.2 Å². The predicted molar refractivity (Wildman–Crippen MR) is 67.5 cm³/mol. The molecular weight excluding hydrogens is 250 g/mol. The van der Waals surface area contributed by atoms with E-state index in [-0.39, 0.29) is 22.3 Å². The Morgan fingerprint density at radius 3 is 1.50 bits per heavy atom. The third kappa shape index (κ3) is 1.60. The van der Waals surface area contributed by atoms with Gasteiger partial charge in [0, 0.05) is 10.8 Å². The molecule has 0 saturated heterocycles. The maximum absolute atomic E-state index is 9.22. The van der Waals surface area contributed by atoms with Crippen LogP contribution >= 0.6 is 0 Å². The first kappa shape index (κ1) is 12.6. The zero-order chi connectivity index (χ0) is 14.7. The number of benzene rings is 2. The smallest absolute Gasteiger partial charge is 0.102 e. The first-order valence-electron chi connectivity index (χ1n) is 5.36. The molecule has 2 rings (SSSR count). The lowest BCUT2D eigenvalue weighted by Gasteiger charge is -2.07. The van der Waals surface area contributed by atoms with Crippen LogP contribution in [0.15, 0.2) is 18.2 Å². The van der Waals surface area contributed by atoms with E-state index in [0.717, 1.165) is 0 Å². The topological polar surface area (TPSA) is 119 Å². The van der Waals surface area contributed by atoms with Crippen molar-refractivity contribution in [2.75, 3.05) is 0 Å². The molecule has 0 unspecified atom stereocenters. The Kier molecular flexibility index (Phi) is 3.02. The molecule has 0 spiro atoms. The molecule has 0 aliphatic heterocycles. The van der Waals surface area contributed by atoms with Gasteiger partial charge in [0.2, 0.25) is 0 Å². The van der Waals surface area contributed by atoms with Crippen molar-refractivity contribution in [1.29, 1.82) is 26.3 Å². The number of nitrogens with zero attached hydrogens (tertiary/aromatic N) is 5. The molecule has 0 radical (unpaired) electrons. The molecule has 0 aromatic heterocycles. The van der Waals surface area contributed by atoms with Crippen LogP contribution in [-0.4, -0.2) is 0 Å². The molecule has 0 atom stereocenters. The molecule has 0 bridgehead atoms. The number of fused-ring (bicyclic) bond motifs is 1. The van der Waals surface area contributed by atoms with Crippen LogP contribution in [0.25, 0.3) is 10.8 Å². The molecule has 5 nitrogen and oxygen atoms in total. The van der Waals surface area contributed by atoms with Crippen LogP contribution in [0.1, 0.15) is 27.8 Å². The maximum atomic E-state index is 9.22. The van der Waals surface area contributed by atoms with E-state index in [0.29, 0.717) is 16.3 Å². The lowest BCUT2D eigenvalue weighted by molar-refractivity contribution is 1.39. The summed E-state index contributed by atoms with van der Waals surface area (Å²) in [5, 5.41) is 46.3. The van der Waals surface area contributed by atoms with E-state index in [9.17, 15) is 10.5 Å². The van der Waals surface area contributed by atoms with E-state index < -0.39 is 0 Å². The summed E-state index contributed by atoms with van der Waals surface area (Å²) in [6.45, 7) is 0. The molecule has 0 saturated carbocycles. The molecule has 0 aliphatic carbocycles. The molecule has 88 valence electrons. The Morgan fingerprint density at radius 2 is 1.05 bits per heavy atom. The minimum absolute atomic E-state index is 0.00940. The molecule has 2 aromatic rings. The summed E-state index contributed by atoms with van der Waals surface area (Å²) >= 11 is 0.